The van der Waals surface area contributed by atoms with E-state index < -0.39 is 29.7 Å². The van der Waals surface area contributed by atoms with Gasteiger partial charge in [-0.05, 0) is 122 Å². The van der Waals surface area contributed by atoms with Gasteiger partial charge in [-0.1, -0.05) is 24.3 Å². The van der Waals surface area contributed by atoms with Crippen molar-refractivity contribution in [3.63, 3.8) is 0 Å². The number of carbonyl (C=O) groups is 5. The maximum atomic E-state index is 13.4. The number of aliphatic hydroxyl groups excluding tert-OH is 1. The van der Waals surface area contributed by atoms with Crippen molar-refractivity contribution in [3.05, 3.63) is 107 Å². The monoisotopic (exact) mass is 870 g/mol. The first-order valence-electron chi connectivity index (χ1n) is 22.2. The van der Waals surface area contributed by atoms with Gasteiger partial charge >= 0.3 is 0 Å². The second-order valence-corrected chi connectivity index (χ2v) is 18.3. The summed E-state index contributed by atoms with van der Waals surface area (Å²) in [5.74, 6) is -0.865. The van der Waals surface area contributed by atoms with Crippen molar-refractivity contribution in [1.82, 2.24) is 29.9 Å². The molecular weight excluding hydrogens is 817 g/mol. The number of aliphatic hydroxyl groups is 1. The number of imide groups is 2. The molecule has 0 spiro atoms. The summed E-state index contributed by atoms with van der Waals surface area (Å²) in [5, 5.41) is 19.3. The van der Waals surface area contributed by atoms with Gasteiger partial charge in [0.1, 0.15) is 6.04 Å². The summed E-state index contributed by atoms with van der Waals surface area (Å²) in [5.41, 5.74) is 7.11. The van der Waals surface area contributed by atoms with E-state index in [1.165, 1.54) is 11.1 Å². The number of pyridine rings is 1. The van der Waals surface area contributed by atoms with Crippen molar-refractivity contribution in [3.8, 4) is 11.1 Å². The van der Waals surface area contributed by atoms with Crippen molar-refractivity contribution >= 4 is 52.7 Å². The fourth-order valence-electron chi connectivity index (χ4n) is 10.0. The summed E-state index contributed by atoms with van der Waals surface area (Å²) >= 11 is 1.55. The molecule has 1 aromatic heterocycles. The van der Waals surface area contributed by atoms with E-state index in [0.29, 0.717) is 23.5 Å². The predicted octanol–water partition coefficient (Wildman–Crippen LogP) is 5.02. The Morgan fingerprint density at radius 1 is 0.841 bits per heavy atom. The molecule has 5 amide bonds. The third kappa shape index (κ3) is 9.30. The number of hydrogen-bond donors (Lipinski definition) is 4. The van der Waals surface area contributed by atoms with Crippen LogP contribution in [0.15, 0.2) is 90.1 Å². The number of amides is 5. The smallest absolute Gasteiger partial charge is 0.263 e. The molecule has 0 bridgehead atoms. The Bertz CT molecular complexity index is 2370. The Labute approximate surface area is 371 Å². The van der Waals surface area contributed by atoms with Crippen molar-refractivity contribution < 1.29 is 29.1 Å². The van der Waals surface area contributed by atoms with E-state index in [9.17, 15) is 29.1 Å². The van der Waals surface area contributed by atoms with Gasteiger partial charge in [0.05, 0.1) is 23.8 Å². The average Bonchev–Trinajstić information content (AvgIpc) is 3.83. The minimum Gasteiger partial charge on any atom is -0.394 e. The molecule has 0 saturated carbocycles. The number of nitrogens with zero attached hydrogens (tertiary/aromatic N) is 5. The number of likely N-dealkylation sites (tertiary alicyclic amines) is 1. The molecule has 9 rings (SSSR count). The first-order valence-corrected chi connectivity index (χ1v) is 23.2. The fraction of sp³-hybridized carbons (Fsp3) is 0.417. The van der Waals surface area contributed by atoms with Crippen molar-refractivity contribution in [2.75, 3.05) is 68.8 Å². The van der Waals surface area contributed by atoms with Gasteiger partial charge < -0.3 is 25.5 Å². The third-order valence-electron chi connectivity index (χ3n) is 13.2. The lowest BCUT2D eigenvalue weighted by atomic mass is 9.82. The molecule has 4 atom stereocenters. The number of piperazine rings is 1. The number of carbonyl (C=O) groups excluding carboxylic acids is 5. The molecule has 5 aliphatic heterocycles. The third-order valence-corrected chi connectivity index (χ3v) is 14.4. The standard InChI is InChI=1S/C48H54N8O6S/c57-30-39-35-16-21-55(29-31-14-17-49-18-15-31)45(35)37-28-33(10-11-38(37)51-39)32-5-1-6-34(27-32)50-42(58)9-3-19-53-22-24-54(25-23-53)20-4-26-63-41-8-2-7-36-44(41)48(62)56(47(36)61)40-12-13-43(59)52-46(40)60/h1-2,5-8,10-11,14-15,17-18,27-28,35,39-40,45,51,57H,3-4,9,12-13,16,19-26,29-30H2,(H,50,58)(H,52,59,60)/t35-,39-,40?,45-/m1/s1. The Kier molecular flexibility index (Phi) is 13.0. The number of fused-ring (bicyclic) bond motifs is 4. The minimum absolute atomic E-state index is 0.00679. The highest BCUT2D eigenvalue weighted by molar-refractivity contribution is 7.99. The molecule has 1 unspecified atom stereocenters. The van der Waals surface area contributed by atoms with E-state index in [1.54, 1.807) is 23.9 Å². The molecule has 5 aliphatic rings. The van der Waals surface area contributed by atoms with Gasteiger partial charge in [-0.3, -0.25) is 44.1 Å². The van der Waals surface area contributed by atoms with E-state index in [2.05, 4.69) is 78.1 Å². The molecule has 6 heterocycles. The van der Waals surface area contributed by atoms with Gasteiger partial charge in [0.2, 0.25) is 17.7 Å². The summed E-state index contributed by atoms with van der Waals surface area (Å²) in [6.45, 7) is 7.45. The van der Waals surface area contributed by atoms with E-state index >= 15 is 0 Å². The number of rotatable bonds is 15. The van der Waals surface area contributed by atoms with Crippen LogP contribution in [-0.2, 0) is 20.9 Å². The number of hydrogen-bond acceptors (Lipinski definition) is 12. The largest absolute Gasteiger partial charge is 0.394 e. The predicted molar refractivity (Wildman–Crippen MR) is 241 cm³/mol. The highest BCUT2D eigenvalue weighted by Crippen LogP contribution is 2.48. The number of piperidine rings is 1. The maximum absolute atomic E-state index is 13.4. The van der Waals surface area contributed by atoms with Crippen LogP contribution in [0.2, 0.25) is 0 Å². The summed E-state index contributed by atoms with van der Waals surface area (Å²) < 4.78 is 0. The van der Waals surface area contributed by atoms with E-state index in [4.69, 9.17) is 0 Å². The molecule has 4 N–H and O–H groups in total. The van der Waals surface area contributed by atoms with Crippen LogP contribution in [0.4, 0.5) is 11.4 Å². The highest BCUT2D eigenvalue weighted by atomic mass is 32.2. The lowest BCUT2D eigenvalue weighted by molar-refractivity contribution is -0.136. The quantitative estimate of drug-likeness (QED) is 0.0718. The second-order valence-electron chi connectivity index (χ2n) is 17.2. The second kappa shape index (κ2) is 19.1. The lowest BCUT2D eigenvalue weighted by Crippen LogP contribution is -2.54. The first-order chi connectivity index (χ1) is 30.7. The Morgan fingerprint density at radius 2 is 1.60 bits per heavy atom. The van der Waals surface area contributed by atoms with Crippen LogP contribution >= 0.6 is 11.8 Å². The van der Waals surface area contributed by atoms with Crippen molar-refractivity contribution in [2.24, 2.45) is 5.92 Å². The summed E-state index contributed by atoms with van der Waals surface area (Å²) in [6, 6.07) is 23.2. The molecule has 63 heavy (non-hydrogen) atoms. The zero-order valence-electron chi connectivity index (χ0n) is 35.3. The maximum Gasteiger partial charge on any atom is 0.263 e. The topological polar surface area (TPSA) is 168 Å². The van der Waals surface area contributed by atoms with Crippen LogP contribution in [0.3, 0.4) is 0 Å². The van der Waals surface area contributed by atoms with Gasteiger partial charge in [-0.25, -0.2) is 0 Å². The number of aromatic nitrogens is 1. The summed E-state index contributed by atoms with van der Waals surface area (Å²) in [6.07, 6.45) is 7.05. The molecule has 15 heteroatoms. The molecular formula is C48H54N8O6S. The number of nitrogens with one attached hydrogen (secondary N) is 3. The zero-order valence-corrected chi connectivity index (χ0v) is 36.2. The van der Waals surface area contributed by atoms with Gasteiger partial charge in [-0.15, -0.1) is 11.8 Å². The molecule has 3 fully saturated rings. The van der Waals surface area contributed by atoms with Gasteiger partial charge in [0, 0.05) is 86.2 Å². The van der Waals surface area contributed by atoms with E-state index in [0.717, 1.165) is 110 Å². The van der Waals surface area contributed by atoms with Crippen molar-refractivity contribution in [1.29, 1.82) is 0 Å². The molecule has 3 saturated heterocycles. The zero-order chi connectivity index (χ0) is 43.5. The Balaban J connectivity index is 0.713. The van der Waals surface area contributed by atoms with Crippen LogP contribution in [0.1, 0.15) is 76.4 Å². The molecule has 14 nitrogen and oxygen atoms in total. The Hall–Kier alpha value is -5.45. The van der Waals surface area contributed by atoms with E-state index in [-0.39, 0.29) is 37.4 Å². The minimum atomic E-state index is -0.975. The molecule has 0 radical (unpaired) electrons. The number of thioether (sulfide) groups is 1. The van der Waals surface area contributed by atoms with Crippen molar-refractivity contribution in [2.45, 2.75) is 68.1 Å². The number of benzene rings is 3. The molecule has 3 aromatic carbocycles. The van der Waals surface area contributed by atoms with Crippen LogP contribution in [-0.4, -0.2) is 129 Å². The Morgan fingerprint density at radius 3 is 2.38 bits per heavy atom. The SMILES string of the molecule is O=C1CCC(N2C(=O)c3cccc(SCCCN4CCN(CCCC(=O)Nc5cccc(-c6ccc7c(c6)[C@H]6[C@H](CCN6Cc6ccncc6)[C@@H](CO)N7)c5)CC4)c3C2=O)C(=O)N1. The normalized spacial score (nSPS) is 22.7. The highest BCUT2D eigenvalue weighted by Gasteiger charge is 2.46. The summed E-state index contributed by atoms with van der Waals surface area (Å²) in [4.78, 5) is 77.2. The van der Waals surface area contributed by atoms with Gasteiger partial charge in [0.15, 0.2) is 0 Å². The first kappa shape index (κ1) is 42.8. The van der Waals surface area contributed by atoms with Crippen LogP contribution in [0.25, 0.3) is 11.1 Å². The van der Waals surface area contributed by atoms with Crippen LogP contribution in [0.5, 0.6) is 0 Å². The fourth-order valence-corrected chi connectivity index (χ4v) is 11.0. The molecule has 328 valence electrons. The molecule has 4 aromatic rings. The summed E-state index contributed by atoms with van der Waals surface area (Å²) in [7, 11) is 0. The lowest BCUT2D eigenvalue weighted by Gasteiger charge is -2.39. The van der Waals surface area contributed by atoms with Gasteiger partial charge in [-0.2, -0.15) is 0 Å². The van der Waals surface area contributed by atoms with Gasteiger partial charge in [0.25, 0.3) is 11.8 Å². The average molecular weight is 871 g/mol. The van der Waals surface area contributed by atoms with E-state index in [1.807, 2.05) is 30.6 Å². The van der Waals surface area contributed by atoms with Crippen LogP contribution in [0, 0.1) is 5.92 Å². The van der Waals surface area contributed by atoms with Crippen LogP contribution < -0.4 is 16.0 Å². The molecule has 0 aliphatic carbocycles. The number of anilines is 2.